The number of imidazole rings is 1. The van der Waals surface area contributed by atoms with Gasteiger partial charge in [0.25, 0.3) is 0 Å². The van der Waals surface area contributed by atoms with Crippen LogP contribution >= 0.6 is 0 Å². The summed E-state index contributed by atoms with van der Waals surface area (Å²) in [7, 11) is 0. The van der Waals surface area contributed by atoms with E-state index >= 15 is 9.59 Å². The number of hydrogen-bond donors (Lipinski definition) is 5. The molecule has 16 nitrogen and oxygen atoms in total. The van der Waals surface area contributed by atoms with Crippen LogP contribution in [0.3, 0.4) is 0 Å². The van der Waals surface area contributed by atoms with Crippen LogP contribution < -0.4 is 22.5 Å². The van der Waals surface area contributed by atoms with Crippen LogP contribution in [0.15, 0.2) is 104 Å². The summed E-state index contributed by atoms with van der Waals surface area (Å²) in [6.45, 7) is 11.3. The van der Waals surface area contributed by atoms with Gasteiger partial charge in [-0.2, -0.15) is 4.79 Å². The first-order valence-electron chi connectivity index (χ1n) is 22.1. The zero-order valence-electron chi connectivity index (χ0n) is 38.7. The highest BCUT2D eigenvalue weighted by Crippen LogP contribution is 2.37. The topological polar surface area (TPSA) is 241 Å². The quantitative estimate of drug-likeness (QED) is 0.0476. The summed E-state index contributed by atoms with van der Waals surface area (Å²) in [5, 5.41) is 15.2. The number of carbonyl (C=O) groups excluding carboxylic acids is 5. The van der Waals surface area contributed by atoms with Crippen molar-refractivity contribution >= 4 is 29.9 Å². The van der Waals surface area contributed by atoms with E-state index in [1.165, 1.54) is 17.1 Å². The van der Waals surface area contributed by atoms with Crippen molar-refractivity contribution in [1.29, 1.82) is 0 Å². The third-order valence-corrected chi connectivity index (χ3v) is 11.1. The molecular formula is C49H68N7O9+. The Hall–Kier alpha value is -5.78. The molecule has 0 fully saturated rings. The molecule has 8 N–H and O–H groups in total. The molecular weight excluding hydrogens is 831 g/mol. The second-order valence-corrected chi connectivity index (χ2v) is 18.3. The number of quaternary nitrogens is 1. The molecule has 0 aliphatic carbocycles. The van der Waals surface area contributed by atoms with E-state index < -0.39 is 88.8 Å². The summed E-state index contributed by atoms with van der Waals surface area (Å²) in [6, 6.07) is 21.6. The lowest BCUT2D eigenvalue weighted by molar-refractivity contribution is -0.843. The summed E-state index contributed by atoms with van der Waals surface area (Å²) >= 11 is 0. The van der Waals surface area contributed by atoms with Crippen molar-refractivity contribution in [2.45, 2.75) is 123 Å². The maximum absolute atomic E-state index is 15.7. The van der Waals surface area contributed by atoms with Gasteiger partial charge in [-0.15, -0.1) is 4.48 Å². The van der Waals surface area contributed by atoms with Crippen LogP contribution in [0.25, 0.3) is 0 Å². The number of amides is 4. The monoisotopic (exact) mass is 899 g/mol. The smallest absolute Gasteiger partial charge is 0.445 e. The number of alkyl carbamates (subject to hydrolysis) is 1. The van der Waals surface area contributed by atoms with Crippen LogP contribution in [-0.4, -0.2) is 91.7 Å². The second-order valence-electron chi connectivity index (χ2n) is 18.3. The maximum atomic E-state index is 15.7. The van der Waals surface area contributed by atoms with Gasteiger partial charge >= 0.3 is 18.1 Å². The first kappa shape index (κ1) is 51.9. The number of aliphatic hydroxyl groups excluding tert-OH is 1. The first-order chi connectivity index (χ1) is 30.7. The van der Waals surface area contributed by atoms with E-state index in [0.717, 1.165) is 5.56 Å². The van der Waals surface area contributed by atoms with Gasteiger partial charge in [0.15, 0.2) is 0 Å². The highest BCUT2D eigenvalue weighted by Gasteiger charge is 2.62. The molecule has 0 spiro atoms. The predicted molar refractivity (Wildman–Crippen MR) is 245 cm³/mol. The molecule has 4 aromatic rings. The van der Waals surface area contributed by atoms with E-state index in [0.29, 0.717) is 17.5 Å². The summed E-state index contributed by atoms with van der Waals surface area (Å²) in [6.07, 6.45) is -0.435. The minimum absolute atomic E-state index is 0.0508. The number of nitrogens with one attached hydrogen (secondary N) is 1. The van der Waals surface area contributed by atoms with Gasteiger partial charge in [0.05, 0.1) is 18.3 Å². The minimum Gasteiger partial charge on any atom is -0.445 e. The molecule has 0 aliphatic rings. The molecule has 0 saturated carbocycles. The summed E-state index contributed by atoms with van der Waals surface area (Å²) in [4.78, 5) is 76.0. The normalized spacial score (nSPS) is 15.5. The zero-order chi connectivity index (χ0) is 47.9. The highest BCUT2D eigenvalue weighted by atomic mass is 16.6. The lowest BCUT2D eigenvalue weighted by atomic mass is 9.76. The molecule has 1 aromatic heterocycles. The van der Waals surface area contributed by atoms with Crippen LogP contribution in [0.2, 0.25) is 0 Å². The van der Waals surface area contributed by atoms with E-state index in [4.69, 9.17) is 31.4 Å². The Balaban J connectivity index is 1.86. The molecule has 1 heterocycles. The predicted octanol–water partition coefficient (Wildman–Crippen LogP) is 5.63. The third-order valence-electron chi connectivity index (χ3n) is 11.1. The zero-order valence-corrected chi connectivity index (χ0v) is 38.7. The Labute approximate surface area is 382 Å². The van der Waals surface area contributed by atoms with E-state index in [1.807, 2.05) is 56.3 Å². The Morgan fingerprint density at radius 3 is 1.86 bits per heavy atom. The van der Waals surface area contributed by atoms with Gasteiger partial charge in [-0.25, -0.2) is 14.6 Å². The van der Waals surface area contributed by atoms with Gasteiger partial charge in [-0.05, 0) is 68.6 Å². The Morgan fingerprint density at radius 1 is 0.785 bits per heavy atom. The van der Waals surface area contributed by atoms with E-state index in [1.54, 1.807) is 83.1 Å². The molecule has 0 radical (unpaired) electrons. The van der Waals surface area contributed by atoms with E-state index in [-0.39, 0.29) is 44.1 Å². The fourth-order valence-electron chi connectivity index (χ4n) is 7.88. The average molecular weight is 899 g/mol. The van der Waals surface area contributed by atoms with Crippen molar-refractivity contribution in [1.82, 2.24) is 14.9 Å². The molecule has 4 rings (SSSR count). The van der Waals surface area contributed by atoms with Crippen molar-refractivity contribution in [2.75, 3.05) is 6.73 Å². The number of imide groups is 1. The molecule has 3 aromatic carbocycles. The van der Waals surface area contributed by atoms with Gasteiger partial charge < -0.3 is 41.8 Å². The van der Waals surface area contributed by atoms with Crippen LogP contribution in [0, 0.1) is 17.8 Å². The largest absolute Gasteiger partial charge is 0.526 e. The molecule has 4 amide bonds. The highest BCUT2D eigenvalue weighted by molar-refractivity contribution is 5.87. The minimum atomic E-state index is -1.60. The molecule has 65 heavy (non-hydrogen) atoms. The van der Waals surface area contributed by atoms with Gasteiger partial charge in [0.2, 0.25) is 18.5 Å². The fourth-order valence-corrected chi connectivity index (χ4v) is 7.88. The fraction of sp³-hybridized carbons (Fsp3) is 0.469. The van der Waals surface area contributed by atoms with Crippen molar-refractivity contribution in [2.24, 2.45) is 35.0 Å². The van der Waals surface area contributed by atoms with Crippen molar-refractivity contribution in [3.63, 3.8) is 0 Å². The van der Waals surface area contributed by atoms with Crippen LogP contribution in [-0.2, 0) is 49.9 Å². The summed E-state index contributed by atoms with van der Waals surface area (Å²) < 4.78 is 17.8. The number of benzene rings is 3. The molecule has 0 bridgehead atoms. The first-order valence-corrected chi connectivity index (χ1v) is 22.1. The molecule has 7 atom stereocenters. The molecule has 16 heteroatoms. The third kappa shape index (κ3) is 14.9. The van der Waals surface area contributed by atoms with E-state index in [9.17, 15) is 19.5 Å². The Kier molecular flexibility index (Phi) is 19.1. The number of primary amides is 1. The van der Waals surface area contributed by atoms with Crippen molar-refractivity contribution in [3.05, 3.63) is 126 Å². The molecule has 0 aliphatic heterocycles. The molecule has 0 saturated heterocycles. The maximum Gasteiger partial charge on any atom is 0.526 e. The van der Waals surface area contributed by atoms with Gasteiger partial charge in [-0.3, -0.25) is 14.2 Å². The van der Waals surface area contributed by atoms with Gasteiger partial charge in [0, 0.05) is 18.5 Å². The number of rotatable bonds is 22. The van der Waals surface area contributed by atoms with Crippen molar-refractivity contribution < 1.29 is 47.8 Å². The van der Waals surface area contributed by atoms with E-state index in [2.05, 4.69) is 10.3 Å². The SMILES string of the molecule is CC(C)CCC(O)C([C@@H](C(C)C)[C@@H](NC(=O)OCc1ccccc1)C(N)=O)[N+](COCc1ccccc1)(C(=O)OC(C)(C)C)C(=O)[C@@H](N)Cc1cn(C(=O)[C@@H](N)Cc2ccccc2)cn1. The number of ether oxygens (including phenoxy) is 3. The van der Waals surface area contributed by atoms with Crippen LogP contribution in [0.1, 0.15) is 88.5 Å². The number of nitrogens with zero attached hydrogens (tertiary/aromatic N) is 3. The van der Waals surface area contributed by atoms with Gasteiger partial charge in [0.1, 0.15) is 42.8 Å². The summed E-state index contributed by atoms with van der Waals surface area (Å²) in [5.74, 6) is -4.22. The van der Waals surface area contributed by atoms with Crippen LogP contribution in [0.4, 0.5) is 9.59 Å². The lowest BCUT2D eigenvalue weighted by Gasteiger charge is -2.47. The summed E-state index contributed by atoms with van der Waals surface area (Å²) in [5.41, 5.74) is 20.6. The number of nitrogens with two attached hydrogens (primary N) is 3. The Bertz CT molecular complexity index is 2140. The average Bonchev–Trinajstić information content (AvgIpc) is 3.73. The second kappa shape index (κ2) is 23.9. The van der Waals surface area contributed by atoms with Crippen LogP contribution in [0.5, 0.6) is 0 Å². The standard InChI is InChI=1S/C49H67N7O9/c1-32(2)23-24-40(57)43(41(33(3)4)42(44(52)58)54-47(61)64-29-36-21-15-10-16-22-36)56(48(62)65-49(5,6)7,31-63-28-35-19-13-9-14-20-35)46(60)39(51)26-37-27-55(30-53-37)45(59)38(50)25-34-17-11-8-12-18-34/h8-22,27,30,32-33,38-43,57H,23-26,28-29,31,50-51H2,1-7H3,(H2-,52,54,58,61)/p+1/t38-,39-,40?,41-,42+,43?,56?/m0/s1. The number of aromatic nitrogens is 2. The number of aliphatic hydroxyl groups is 1. The lowest BCUT2D eigenvalue weighted by Crippen LogP contribution is -2.75. The number of hydrogen-bond acceptors (Lipinski definition) is 12. The number of carbonyl (C=O) groups is 5. The molecule has 3 unspecified atom stereocenters. The molecule has 352 valence electrons. The Morgan fingerprint density at radius 2 is 1.34 bits per heavy atom. The van der Waals surface area contributed by atoms with Gasteiger partial charge in [-0.1, -0.05) is 119 Å². The van der Waals surface area contributed by atoms with Crippen molar-refractivity contribution in [3.8, 4) is 0 Å².